The number of hydrogen-bond acceptors (Lipinski definition) is 2. The van der Waals surface area contributed by atoms with E-state index in [1.807, 2.05) is 0 Å². The second kappa shape index (κ2) is 5.21. The molecule has 0 amide bonds. The number of ketones is 1. The maximum absolute atomic E-state index is 12.4. The number of hydrogen-bond donors (Lipinski definition) is 1. The minimum atomic E-state index is -4.43. The molecule has 5 heteroatoms. The molecular weight excluding hydrogens is 233 g/mol. The highest BCUT2D eigenvalue weighted by Gasteiger charge is 2.30. The van der Waals surface area contributed by atoms with Crippen molar-refractivity contribution in [1.82, 2.24) is 0 Å². The van der Waals surface area contributed by atoms with E-state index in [0.717, 1.165) is 18.2 Å². The number of carbonyl (C=O) groups excluding carboxylic acids is 1. The number of phenols is 1. The lowest BCUT2D eigenvalue weighted by Crippen LogP contribution is -2.06. The molecule has 0 fully saturated rings. The van der Waals surface area contributed by atoms with Crippen molar-refractivity contribution in [3.8, 4) is 5.75 Å². The summed E-state index contributed by atoms with van der Waals surface area (Å²) in [7, 11) is 0. The fourth-order valence-electron chi connectivity index (χ4n) is 1.41. The Hall–Kier alpha value is -1.52. The van der Waals surface area contributed by atoms with E-state index in [9.17, 15) is 23.1 Å². The largest absolute Gasteiger partial charge is 0.508 e. The summed E-state index contributed by atoms with van der Waals surface area (Å²) in [5.41, 5.74) is -0.657. The zero-order valence-corrected chi connectivity index (χ0v) is 9.34. The summed E-state index contributed by atoms with van der Waals surface area (Å²) in [5, 5.41) is 9.41. The maximum atomic E-state index is 12.4. The second-order valence-corrected chi connectivity index (χ2v) is 3.73. The van der Waals surface area contributed by atoms with E-state index in [2.05, 4.69) is 0 Å². The van der Waals surface area contributed by atoms with Crippen molar-refractivity contribution in [2.45, 2.75) is 32.4 Å². The third kappa shape index (κ3) is 3.76. The molecule has 1 N–H and O–H groups in total. The summed E-state index contributed by atoms with van der Waals surface area (Å²) in [6.07, 6.45) is -3.81. The zero-order chi connectivity index (χ0) is 13.1. The Morgan fingerprint density at radius 2 is 2.00 bits per heavy atom. The molecule has 0 radical (unpaired) electrons. The van der Waals surface area contributed by atoms with Gasteiger partial charge in [0.1, 0.15) is 11.5 Å². The number of phenolic OH excluding ortho intramolecular Hbond substituents is 1. The van der Waals surface area contributed by atoms with Crippen molar-refractivity contribution < 1.29 is 23.1 Å². The van der Waals surface area contributed by atoms with E-state index in [-0.39, 0.29) is 29.9 Å². The van der Waals surface area contributed by atoms with E-state index in [1.165, 1.54) is 0 Å². The van der Waals surface area contributed by atoms with Gasteiger partial charge in [-0.2, -0.15) is 13.2 Å². The molecule has 1 aromatic carbocycles. The minimum absolute atomic E-state index is 0.0400. The van der Waals surface area contributed by atoms with Crippen LogP contribution in [0.1, 0.15) is 30.9 Å². The number of Topliss-reactive ketones (excluding diaryl/α,β-unsaturated/α-hetero) is 1. The Bertz CT molecular complexity index is 411. The molecule has 2 nitrogen and oxygen atoms in total. The van der Waals surface area contributed by atoms with Crippen LogP contribution in [0, 0.1) is 0 Å². The van der Waals surface area contributed by atoms with Gasteiger partial charge in [0.05, 0.1) is 5.56 Å². The molecule has 0 aromatic heterocycles. The smallest absolute Gasteiger partial charge is 0.416 e. The highest BCUT2D eigenvalue weighted by Crippen LogP contribution is 2.32. The summed E-state index contributed by atoms with van der Waals surface area (Å²) in [6, 6.07) is 2.72. The fraction of sp³-hybridized carbons (Fsp3) is 0.417. The lowest BCUT2D eigenvalue weighted by atomic mass is 10.0. The highest BCUT2D eigenvalue weighted by molar-refractivity contribution is 5.78. The number of aryl methyl sites for hydroxylation is 1. The Morgan fingerprint density at radius 1 is 1.35 bits per heavy atom. The Kier molecular flexibility index (Phi) is 4.15. The van der Waals surface area contributed by atoms with Gasteiger partial charge < -0.3 is 5.11 Å². The molecule has 0 aliphatic rings. The van der Waals surface area contributed by atoms with Gasteiger partial charge in [0.25, 0.3) is 0 Å². The van der Waals surface area contributed by atoms with Crippen LogP contribution in [0.3, 0.4) is 0 Å². The summed E-state index contributed by atoms with van der Waals surface area (Å²) >= 11 is 0. The second-order valence-electron chi connectivity index (χ2n) is 3.73. The predicted octanol–water partition coefficient (Wildman–Crippen LogP) is 3.32. The normalized spacial score (nSPS) is 11.5. The number of alkyl halides is 3. The molecule has 0 unspecified atom stereocenters. The van der Waals surface area contributed by atoms with Gasteiger partial charge in [0, 0.05) is 12.8 Å². The molecule has 94 valence electrons. The van der Waals surface area contributed by atoms with Crippen molar-refractivity contribution in [3.05, 3.63) is 29.3 Å². The molecule has 0 atom stereocenters. The first-order chi connectivity index (χ1) is 7.84. The van der Waals surface area contributed by atoms with Crippen molar-refractivity contribution in [2.24, 2.45) is 0 Å². The van der Waals surface area contributed by atoms with Crippen LogP contribution in [0.15, 0.2) is 18.2 Å². The molecule has 0 heterocycles. The van der Waals surface area contributed by atoms with Gasteiger partial charge in [-0.15, -0.1) is 0 Å². The summed E-state index contributed by atoms with van der Waals surface area (Å²) in [6.45, 7) is 1.69. The van der Waals surface area contributed by atoms with Gasteiger partial charge in [0.15, 0.2) is 0 Å². The van der Waals surface area contributed by atoms with Gasteiger partial charge in [-0.3, -0.25) is 4.79 Å². The lowest BCUT2D eigenvalue weighted by molar-refractivity contribution is -0.137. The van der Waals surface area contributed by atoms with Crippen molar-refractivity contribution in [3.63, 3.8) is 0 Å². The topological polar surface area (TPSA) is 37.3 Å². The first kappa shape index (κ1) is 13.5. The molecule has 17 heavy (non-hydrogen) atoms. The fourth-order valence-corrected chi connectivity index (χ4v) is 1.41. The Labute approximate surface area is 97.1 Å². The maximum Gasteiger partial charge on any atom is 0.416 e. The summed E-state index contributed by atoms with van der Waals surface area (Å²) in [4.78, 5) is 11.1. The first-order valence-electron chi connectivity index (χ1n) is 5.25. The summed E-state index contributed by atoms with van der Waals surface area (Å²) < 4.78 is 37.2. The van der Waals surface area contributed by atoms with E-state index in [1.54, 1.807) is 6.92 Å². The lowest BCUT2D eigenvalue weighted by Gasteiger charge is -2.10. The molecule has 0 spiro atoms. The van der Waals surface area contributed by atoms with Crippen molar-refractivity contribution in [2.75, 3.05) is 0 Å². The van der Waals surface area contributed by atoms with Gasteiger partial charge >= 0.3 is 6.18 Å². The molecule has 0 aliphatic heterocycles. The molecule has 0 saturated carbocycles. The predicted molar refractivity (Wildman–Crippen MR) is 56.7 cm³/mol. The SMILES string of the molecule is CCC(=O)CCc1cc(C(F)(F)F)ccc1O. The van der Waals surface area contributed by atoms with Gasteiger partial charge in [-0.05, 0) is 30.2 Å². The van der Waals surface area contributed by atoms with E-state index in [0.29, 0.717) is 6.42 Å². The van der Waals surface area contributed by atoms with Crippen LogP contribution < -0.4 is 0 Å². The van der Waals surface area contributed by atoms with E-state index in [4.69, 9.17) is 0 Å². The average molecular weight is 246 g/mol. The number of benzene rings is 1. The molecule has 1 aromatic rings. The summed E-state index contributed by atoms with van der Waals surface area (Å²) in [5.74, 6) is -0.247. The van der Waals surface area contributed by atoms with Crippen LogP contribution in [0.25, 0.3) is 0 Å². The third-order valence-electron chi connectivity index (χ3n) is 2.47. The average Bonchev–Trinajstić information content (AvgIpc) is 2.26. The van der Waals surface area contributed by atoms with Gasteiger partial charge in [-0.25, -0.2) is 0 Å². The minimum Gasteiger partial charge on any atom is -0.508 e. The Morgan fingerprint density at radius 3 is 2.53 bits per heavy atom. The van der Waals surface area contributed by atoms with Crippen LogP contribution in [0.4, 0.5) is 13.2 Å². The highest BCUT2D eigenvalue weighted by atomic mass is 19.4. The van der Waals surface area contributed by atoms with Crippen molar-refractivity contribution in [1.29, 1.82) is 0 Å². The van der Waals surface area contributed by atoms with Crippen LogP contribution >= 0.6 is 0 Å². The molecule has 0 saturated heterocycles. The number of aromatic hydroxyl groups is 1. The number of carbonyl (C=O) groups is 1. The van der Waals surface area contributed by atoms with Crippen LogP contribution in [0.2, 0.25) is 0 Å². The first-order valence-corrected chi connectivity index (χ1v) is 5.25. The molecule has 1 rings (SSSR count). The quantitative estimate of drug-likeness (QED) is 0.884. The standard InChI is InChI=1S/C12H13F3O2/c1-2-10(16)5-3-8-7-9(12(13,14)15)4-6-11(8)17/h4,6-7,17H,2-3,5H2,1H3. The van der Waals surface area contributed by atoms with Gasteiger partial charge in [-0.1, -0.05) is 6.92 Å². The molecular formula is C12H13F3O2. The zero-order valence-electron chi connectivity index (χ0n) is 9.34. The van der Waals surface area contributed by atoms with E-state index < -0.39 is 11.7 Å². The monoisotopic (exact) mass is 246 g/mol. The third-order valence-corrected chi connectivity index (χ3v) is 2.47. The molecule has 0 aliphatic carbocycles. The molecule has 0 bridgehead atoms. The van der Waals surface area contributed by atoms with Crippen molar-refractivity contribution >= 4 is 5.78 Å². The van der Waals surface area contributed by atoms with Gasteiger partial charge in [0.2, 0.25) is 0 Å². The Balaban J connectivity index is 2.88. The van der Waals surface area contributed by atoms with Crippen LogP contribution in [-0.4, -0.2) is 10.9 Å². The number of halogens is 3. The van der Waals surface area contributed by atoms with Crippen LogP contribution in [0.5, 0.6) is 5.75 Å². The van der Waals surface area contributed by atoms with Crippen LogP contribution in [-0.2, 0) is 17.4 Å². The number of rotatable bonds is 4. The van der Waals surface area contributed by atoms with E-state index >= 15 is 0 Å².